The van der Waals surface area contributed by atoms with E-state index in [0.717, 1.165) is 90.3 Å². The van der Waals surface area contributed by atoms with Crippen LogP contribution in [0.15, 0.2) is 4.42 Å². The van der Waals surface area contributed by atoms with Gasteiger partial charge in [-0.25, -0.2) is 0 Å². The van der Waals surface area contributed by atoms with Crippen molar-refractivity contribution in [1.82, 2.24) is 15.1 Å². The van der Waals surface area contributed by atoms with Crippen molar-refractivity contribution in [3.63, 3.8) is 0 Å². The molecule has 0 N–H and O–H groups in total. The van der Waals surface area contributed by atoms with E-state index >= 15 is 0 Å². The maximum Gasteiger partial charge on any atom is 0.305 e. The normalized spacial score (nSPS) is 11.4. The van der Waals surface area contributed by atoms with Gasteiger partial charge < -0.3 is 18.8 Å². The van der Waals surface area contributed by atoms with E-state index in [1.165, 1.54) is 89.9 Å². The Morgan fingerprint density at radius 3 is 1.36 bits per heavy atom. The van der Waals surface area contributed by atoms with Gasteiger partial charge in [0.15, 0.2) is 0 Å². The van der Waals surface area contributed by atoms with E-state index in [2.05, 4.69) is 28.9 Å². The lowest BCUT2D eigenvalue weighted by Gasteiger charge is -2.21. The van der Waals surface area contributed by atoms with Gasteiger partial charge in [0.2, 0.25) is 11.8 Å². The van der Waals surface area contributed by atoms with Crippen molar-refractivity contribution in [2.75, 3.05) is 32.8 Å². The minimum absolute atomic E-state index is 0.0304. The summed E-state index contributed by atoms with van der Waals surface area (Å²) in [6, 6.07) is 0. The fourth-order valence-corrected chi connectivity index (χ4v) is 5.93. The summed E-state index contributed by atoms with van der Waals surface area (Å²) in [4.78, 5) is 26.6. The smallest absolute Gasteiger partial charge is 0.305 e. The fourth-order valence-electron chi connectivity index (χ4n) is 5.93. The molecule has 0 aliphatic carbocycles. The van der Waals surface area contributed by atoms with Gasteiger partial charge in [0, 0.05) is 32.7 Å². The Balaban J connectivity index is 2.09. The van der Waals surface area contributed by atoms with Crippen LogP contribution in [-0.2, 0) is 25.5 Å². The molecule has 0 saturated carbocycles. The maximum absolute atomic E-state index is 12.0. The molecule has 0 spiro atoms. The number of hydrogen-bond donors (Lipinski definition) is 0. The van der Waals surface area contributed by atoms with Gasteiger partial charge in [-0.1, -0.05) is 129 Å². The number of carbonyl (C=O) groups excluding carboxylic acids is 2. The molecule has 8 heteroatoms. The molecule has 1 aromatic heterocycles. The lowest BCUT2D eigenvalue weighted by molar-refractivity contribution is -0.144. The molecular weight excluding hydrogens is 590 g/mol. The fraction of sp³-hybridized carbons (Fsp3) is 0.897. The zero-order chi connectivity index (χ0) is 34.0. The summed E-state index contributed by atoms with van der Waals surface area (Å²) in [6.07, 6.45) is 30.2. The van der Waals surface area contributed by atoms with E-state index in [1.807, 2.05) is 6.92 Å². The number of esters is 2. The van der Waals surface area contributed by atoms with Crippen molar-refractivity contribution in [1.29, 1.82) is 0 Å². The third-order valence-electron chi connectivity index (χ3n) is 8.94. The lowest BCUT2D eigenvalue weighted by Crippen LogP contribution is -2.28. The number of ether oxygens (including phenoxy) is 2. The first kappa shape index (κ1) is 43.1. The minimum atomic E-state index is -0.0304. The second kappa shape index (κ2) is 32.6. The van der Waals surface area contributed by atoms with E-state index in [-0.39, 0.29) is 11.9 Å². The molecule has 0 fully saturated rings. The van der Waals surface area contributed by atoms with Crippen molar-refractivity contribution < 1.29 is 23.5 Å². The quantitative estimate of drug-likeness (QED) is 0.0523. The molecule has 0 aliphatic rings. The van der Waals surface area contributed by atoms with Crippen molar-refractivity contribution >= 4 is 11.9 Å². The van der Waals surface area contributed by atoms with Crippen LogP contribution in [0.4, 0.5) is 0 Å². The molecule has 1 rings (SSSR count). The number of aryl methyl sites for hydroxylation is 1. The molecule has 0 aliphatic heterocycles. The first-order valence-electron chi connectivity index (χ1n) is 19.9. The van der Waals surface area contributed by atoms with Gasteiger partial charge in [0.05, 0.1) is 13.2 Å². The molecule has 1 aromatic rings. The number of unbranched alkanes of at least 4 members (excludes halogenated alkanes) is 20. The SMILES string of the molecule is CCCCCCCCCOC(=O)CCCCCCCN(CCCCCCCC(=O)OCCCCCCCCC)CCc1nnc(C)o1. The summed E-state index contributed by atoms with van der Waals surface area (Å²) >= 11 is 0. The van der Waals surface area contributed by atoms with Crippen LogP contribution in [0.1, 0.15) is 193 Å². The van der Waals surface area contributed by atoms with Crippen LogP contribution in [0.3, 0.4) is 0 Å². The molecule has 0 saturated heterocycles. The van der Waals surface area contributed by atoms with Gasteiger partial charge >= 0.3 is 11.9 Å². The number of nitrogens with zero attached hydrogens (tertiary/aromatic N) is 3. The summed E-state index contributed by atoms with van der Waals surface area (Å²) in [5.74, 6) is 1.27. The number of hydrogen-bond acceptors (Lipinski definition) is 8. The molecular formula is C39H73N3O5. The number of aromatic nitrogens is 2. The van der Waals surface area contributed by atoms with E-state index in [1.54, 1.807) is 0 Å². The van der Waals surface area contributed by atoms with Crippen LogP contribution in [0, 0.1) is 6.92 Å². The van der Waals surface area contributed by atoms with Crippen molar-refractivity contribution in [3.8, 4) is 0 Å². The second-order valence-corrected chi connectivity index (χ2v) is 13.5. The van der Waals surface area contributed by atoms with Crippen LogP contribution in [0.25, 0.3) is 0 Å². The summed E-state index contributed by atoms with van der Waals surface area (Å²) in [6.45, 7) is 10.5. The van der Waals surface area contributed by atoms with Crippen molar-refractivity contribution in [3.05, 3.63) is 11.8 Å². The molecule has 0 amide bonds. The van der Waals surface area contributed by atoms with Gasteiger partial charge in [-0.05, 0) is 51.6 Å². The molecule has 0 unspecified atom stereocenters. The lowest BCUT2D eigenvalue weighted by atomic mass is 10.1. The molecule has 0 bridgehead atoms. The predicted molar refractivity (Wildman–Crippen MR) is 192 cm³/mol. The largest absolute Gasteiger partial charge is 0.466 e. The Kier molecular flexibility index (Phi) is 29.9. The first-order chi connectivity index (χ1) is 23.0. The van der Waals surface area contributed by atoms with E-state index < -0.39 is 0 Å². The first-order valence-corrected chi connectivity index (χ1v) is 19.9. The van der Waals surface area contributed by atoms with E-state index in [4.69, 9.17) is 13.9 Å². The van der Waals surface area contributed by atoms with Crippen LogP contribution < -0.4 is 0 Å². The monoisotopic (exact) mass is 664 g/mol. The minimum Gasteiger partial charge on any atom is -0.466 e. The van der Waals surface area contributed by atoms with Crippen molar-refractivity contribution in [2.45, 2.75) is 194 Å². The van der Waals surface area contributed by atoms with Gasteiger partial charge in [0.25, 0.3) is 0 Å². The molecule has 1 heterocycles. The molecule has 0 aromatic carbocycles. The third-order valence-corrected chi connectivity index (χ3v) is 8.94. The molecule has 0 atom stereocenters. The van der Waals surface area contributed by atoms with Gasteiger partial charge in [-0.3, -0.25) is 9.59 Å². The number of carbonyl (C=O) groups is 2. The second-order valence-electron chi connectivity index (χ2n) is 13.5. The number of rotatable bonds is 35. The summed E-state index contributed by atoms with van der Waals surface area (Å²) in [7, 11) is 0. The molecule has 0 radical (unpaired) electrons. The summed E-state index contributed by atoms with van der Waals surface area (Å²) in [5, 5.41) is 8.14. The van der Waals surface area contributed by atoms with Crippen LogP contribution in [-0.4, -0.2) is 59.9 Å². The van der Waals surface area contributed by atoms with Gasteiger partial charge in [-0.15, -0.1) is 10.2 Å². The average molecular weight is 664 g/mol. The standard InChI is InChI=1S/C39H73N3O5/c1-4-6-8-10-12-20-26-34-45-38(43)28-22-16-14-18-24-31-42(33-30-37-41-40-36(3)47-37)32-25-19-15-17-23-29-39(44)46-35-27-21-13-11-9-7-5-2/h4-35H2,1-3H3. The highest BCUT2D eigenvalue weighted by Crippen LogP contribution is 2.12. The van der Waals surface area contributed by atoms with Crippen LogP contribution in [0.2, 0.25) is 0 Å². The third kappa shape index (κ3) is 28.7. The molecule has 8 nitrogen and oxygen atoms in total. The van der Waals surface area contributed by atoms with E-state index in [0.29, 0.717) is 37.8 Å². The topological polar surface area (TPSA) is 94.8 Å². The predicted octanol–water partition coefficient (Wildman–Crippen LogP) is 10.5. The zero-order valence-corrected chi connectivity index (χ0v) is 31.0. The highest BCUT2D eigenvalue weighted by molar-refractivity contribution is 5.69. The van der Waals surface area contributed by atoms with Crippen LogP contribution >= 0.6 is 0 Å². The van der Waals surface area contributed by atoms with Crippen LogP contribution in [0.5, 0.6) is 0 Å². The van der Waals surface area contributed by atoms with E-state index in [9.17, 15) is 9.59 Å². The average Bonchev–Trinajstić information content (AvgIpc) is 3.49. The Bertz CT molecular complexity index is 800. The summed E-state index contributed by atoms with van der Waals surface area (Å²) < 4.78 is 16.4. The zero-order valence-electron chi connectivity index (χ0n) is 31.0. The highest BCUT2D eigenvalue weighted by Gasteiger charge is 2.10. The maximum atomic E-state index is 12.0. The van der Waals surface area contributed by atoms with Gasteiger partial charge in [-0.2, -0.15) is 0 Å². The Morgan fingerprint density at radius 2 is 0.936 bits per heavy atom. The molecule has 47 heavy (non-hydrogen) atoms. The summed E-state index contributed by atoms with van der Waals surface area (Å²) in [5.41, 5.74) is 0. The Labute approximate surface area is 288 Å². The Morgan fingerprint density at radius 1 is 0.532 bits per heavy atom. The van der Waals surface area contributed by atoms with Crippen molar-refractivity contribution in [2.24, 2.45) is 0 Å². The van der Waals surface area contributed by atoms with Gasteiger partial charge in [0.1, 0.15) is 0 Å². The Hall–Kier alpha value is -1.96. The highest BCUT2D eigenvalue weighted by atomic mass is 16.5. The molecule has 274 valence electrons.